The van der Waals surface area contributed by atoms with E-state index in [1.54, 1.807) is 46.8 Å². The second-order valence-electron chi connectivity index (χ2n) is 9.65. The fraction of sp³-hybridized carbons (Fsp3) is 0.156. The minimum Gasteiger partial charge on any atom is -0.506 e. The first kappa shape index (κ1) is 26.5. The van der Waals surface area contributed by atoms with Gasteiger partial charge in [0.15, 0.2) is 5.78 Å². The Labute approximate surface area is 231 Å². The first-order chi connectivity index (χ1) is 19.3. The topological polar surface area (TPSA) is 98.3 Å². The quantitative estimate of drug-likeness (QED) is 0.215. The molecule has 8 heteroatoms. The number of aromatic nitrogens is 3. The molecule has 0 saturated heterocycles. The van der Waals surface area contributed by atoms with E-state index in [0.717, 1.165) is 16.9 Å². The van der Waals surface area contributed by atoms with Crippen LogP contribution in [0.25, 0.3) is 16.6 Å². The number of anilines is 1. The summed E-state index contributed by atoms with van der Waals surface area (Å²) in [7, 11) is 3.41. The summed E-state index contributed by atoms with van der Waals surface area (Å²) in [5.41, 5.74) is 2.43. The van der Waals surface area contributed by atoms with Crippen molar-refractivity contribution in [2.45, 2.75) is 19.4 Å². The molecule has 0 amide bonds. The molecule has 0 fully saturated rings. The van der Waals surface area contributed by atoms with Gasteiger partial charge in [0, 0.05) is 19.5 Å². The predicted molar refractivity (Wildman–Crippen MR) is 157 cm³/mol. The van der Waals surface area contributed by atoms with Crippen molar-refractivity contribution in [1.82, 2.24) is 13.9 Å². The number of nitrogens with zero attached hydrogens (tertiary/aromatic N) is 3. The monoisotopic (exact) mass is 534 g/mol. The molecule has 0 aliphatic heterocycles. The number of ketones is 1. The highest BCUT2D eigenvalue weighted by Gasteiger charge is 2.21. The van der Waals surface area contributed by atoms with Crippen molar-refractivity contribution in [3.05, 3.63) is 135 Å². The average molecular weight is 535 g/mol. The summed E-state index contributed by atoms with van der Waals surface area (Å²) in [6, 6.07) is 25.6. The minimum atomic E-state index is -0.585. The van der Waals surface area contributed by atoms with Gasteiger partial charge >= 0.3 is 0 Å². The van der Waals surface area contributed by atoms with E-state index in [1.807, 2.05) is 74.6 Å². The van der Waals surface area contributed by atoms with Crippen LogP contribution < -0.4 is 16.4 Å². The Morgan fingerprint density at radius 3 is 2.23 bits per heavy atom. The van der Waals surface area contributed by atoms with Crippen molar-refractivity contribution in [2.24, 2.45) is 14.1 Å². The van der Waals surface area contributed by atoms with E-state index in [4.69, 9.17) is 0 Å². The highest BCUT2D eigenvalue weighted by atomic mass is 16.3. The van der Waals surface area contributed by atoms with Crippen LogP contribution in [0.4, 0.5) is 5.69 Å². The van der Waals surface area contributed by atoms with Gasteiger partial charge in [-0.2, -0.15) is 0 Å². The Morgan fingerprint density at radius 1 is 0.900 bits per heavy atom. The zero-order valence-corrected chi connectivity index (χ0v) is 22.5. The molecule has 2 heterocycles. The molecular weight excluding hydrogens is 504 g/mol. The third kappa shape index (κ3) is 4.75. The number of benzene rings is 3. The lowest BCUT2D eigenvalue weighted by Crippen LogP contribution is -2.24. The molecule has 0 bridgehead atoms. The largest absolute Gasteiger partial charge is 0.506 e. The number of para-hydroxylation sites is 2. The van der Waals surface area contributed by atoms with Gasteiger partial charge in [-0.15, -0.1) is 0 Å². The van der Waals surface area contributed by atoms with Crippen molar-refractivity contribution < 1.29 is 9.90 Å². The molecule has 5 aromatic rings. The molecular formula is C32H30N4O4. The molecule has 0 unspecified atom stereocenters. The Kier molecular flexibility index (Phi) is 7.25. The van der Waals surface area contributed by atoms with Crippen LogP contribution in [-0.2, 0) is 14.1 Å². The van der Waals surface area contributed by atoms with Crippen molar-refractivity contribution >= 4 is 22.4 Å². The molecule has 5 rings (SSSR count). The van der Waals surface area contributed by atoms with Crippen LogP contribution in [0.5, 0.6) is 5.75 Å². The molecule has 2 N–H and O–H groups in total. The Hall–Kier alpha value is -5.11. The molecule has 8 nitrogen and oxygen atoms in total. The van der Waals surface area contributed by atoms with E-state index in [0.29, 0.717) is 23.0 Å². The Bertz CT molecular complexity index is 1850. The standard InChI is InChI=1S/C32H30N4O4/c1-21-29(32(40)36(35(21)3)23-15-8-5-9-16-23)33-25(22-13-6-4-7-14-22)18-12-20-27(37)28-30(38)24-17-10-11-19-26(24)34(2)31(28)39/h4-17,19-20,25,33,38H,18H2,1-3H3/t25-/m0/s1. The highest BCUT2D eigenvalue weighted by molar-refractivity contribution is 6.09. The van der Waals surface area contributed by atoms with Crippen LogP contribution in [0, 0.1) is 6.92 Å². The normalized spacial score (nSPS) is 12.2. The van der Waals surface area contributed by atoms with Crippen LogP contribution in [0.2, 0.25) is 0 Å². The summed E-state index contributed by atoms with van der Waals surface area (Å²) in [4.78, 5) is 39.6. The van der Waals surface area contributed by atoms with Gasteiger partial charge < -0.3 is 15.0 Å². The molecule has 202 valence electrons. The fourth-order valence-electron chi connectivity index (χ4n) is 4.97. The molecule has 0 aliphatic rings. The number of pyridine rings is 1. The van der Waals surface area contributed by atoms with Crippen LogP contribution in [0.15, 0.2) is 107 Å². The van der Waals surface area contributed by atoms with E-state index in [1.165, 1.54) is 10.6 Å². The van der Waals surface area contributed by atoms with Gasteiger partial charge in [0.2, 0.25) is 0 Å². The van der Waals surface area contributed by atoms with E-state index < -0.39 is 11.3 Å². The first-order valence-electron chi connectivity index (χ1n) is 13.0. The molecule has 0 spiro atoms. The zero-order valence-electron chi connectivity index (χ0n) is 22.5. The number of hydrogen-bond acceptors (Lipinski definition) is 5. The van der Waals surface area contributed by atoms with Gasteiger partial charge in [-0.1, -0.05) is 66.7 Å². The second-order valence-corrected chi connectivity index (χ2v) is 9.65. The smallest absolute Gasteiger partial charge is 0.295 e. The number of nitrogens with one attached hydrogen (secondary N) is 1. The SMILES string of the molecule is Cc1c(N[C@@H](CC=CC(=O)c2c(O)c3ccccc3n(C)c2=O)c2ccccc2)c(=O)n(-c2ccccc2)n1C. The number of carbonyl (C=O) groups excluding carboxylic acids is 1. The molecule has 2 aromatic heterocycles. The number of allylic oxidation sites excluding steroid dienone is 1. The van der Waals surface area contributed by atoms with E-state index >= 15 is 0 Å². The predicted octanol–water partition coefficient (Wildman–Crippen LogP) is 5.02. The van der Waals surface area contributed by atoms with E-state index in [-0.39, 0.29) is 22.9 Å². The van der Waals surface area contributed by atoms with Crippen molar-refractivity contribution in [1.29, 1.82) is 0 Å². The third-order valence-electron chi connectivity index (χ3n) is 7.24. The summed E-state index contributed by atoms with van der Waals surface area (Å²) in [6.07, 6.45) is 3.32. The van der Waals surface area contributed by atoms with Crippen LogP contribution in [0.1, 0.15) is 34.1 Å². The minimum absolute atomic E-state index is 0.184. The Balaban J connectivity index is 1.47. The number of fused-ring (bicyclic) bond motifs is 1. The lowest BCUT2D eigenvalue weighted by Gasteiger charge is -2.18. The van der Waals surface area contributed by atoms with Crippen molar-refractivity contribution in [2.75, 3.05) is 5.32 Å². The van der Waals surface area contributed by atoms with Crippen LogP contribution in [-0.4, -0.2) is 24.8 Å². The van der Waals surface area contributed by atoms with Gasteiger partial charge in [0.25, 0.3) is 11.1 Å². The summed E-state index contributed by atoms with van der Waals surface area (Å²) in [6.45, 7) is 1.88. The number of hydrogen-bond donors (Lipinski definition) is 2. The van der Waals surface area contributed by atoms with Gasteiger partial charge in [0.05, 0.1) is 22.9 Å². The summed E-state index contributed by atoms with van der Waals surface area (Å²) in [5, 5.41) is 14.6. The Morgan fingerprint density at radius 2 is 1.52 bits per heavy atom. The summed E-state index contributed by atoms with van der Waals surface area (Å²) >= 11 is 0. The van der Waals surface area contributed by atoms with E-state index in [2.05, 4.69) is 5.32 Å². The maximum atomic E-state index is 13.5. The number of aromatic hydroxyl groups is 1. The van der Waals surface area contributed by atoms with Gasteiger partial charge in [-0.05, 0) is 49.2 Å². The summed E-state index contributed by atoms with van der Waals surface area (Å²) < 4.78 is 4.78. The maximum Gasteiger partial charge on any atom is 0.295 e. The lowest BCUT2D eigenvalue weighted by molar-refractivity contribution is 0.104. The molecule has 40 heavy (non-hydrogen) atoms. The summed E-state index contributed by atoms with van der Waals surface area (Å²) in [5.74, 6) is -0.912. The maximum absolute atomic E-state index is 13.5. The molecule has 1 atom stereocenters. The fourth-order valence-corrected chi connectivity index (χ4v) is 4.97. The van der Waals surface area contributed by atoms with Gasteiger partial charge in [0.1, 0.15) is 17.0 Å². The third-order valence-corrected chi connectivity index (χ3v) is 7.24. The molecule has 0 radical (unpaired) electrons. The lowest BCUT2D eigenvalue weighted by atomic mass is 10.0. The van der Waals surface area contributed by atoms with E-state index in [9.17, 15) is 19.5 Å². The van der Waals surface area contributed by atoms with Crippen LogP contribution >= 0.6 is 0 Å². The van der Waals surface area contributed by atoms with Gasteiger partial charge in [-0.3, -0.25) is 19.1 Å². The van der Waals surface area contributed by atoms with Gasteiger partial charge in [-0.25, -0.2) is 4.68 Å². The first-order valence-corrected chi connectivity index (χ1v) is 13.0. The number of carbonyl (C=O) groups is 1. The molecule has 0 saturated carbocycles. The second kappa shape index (κ2) is 10.9. The number of rotatable bonds is 8. The van der Waals surface area contributed by atoms with Crippen molar-refractivity contribution in [3.8, 4) is 11.4 Å². The highest BCUT2D eigenvalue weighted by Crippen LogP contribution is 2.27. The zero-order chi connectivity index (χ0) is 28.4. The molecule has 3 aromatic carbocycles. The average Bonchev–Trinajstić information content (AvgIpc) is 3.19. The molecule has 0 aliphatic carbocycles. The van der Waals surface area contributed by atoms with Crippen molar-refractivity contribution in [3.63, 3.8) is 0 Å². The number of aryl methyl sites for hydroxylation is 1. The van der Waals surface area contributed by atoms with Crippen LogP contribution in [0.3, 0.4) is 0 Å².